The molecule has 3 nitrogen and oxygen atoms in total. The molecule has 0 unspecified atom stereocenters. The van der Waals surface area contributed by atoms with Gasteiger partial charge in [0, 0.05) is 11.9 Å². The summed E-state index contributed by atoms with van der Waals surface area (Å²) >= 11 is 0. The van der Waals surface area contributed by atoms with E-state index < -0.39 is 0 Å². The Hall–Kier alpha value is -1.90. The number of pyridine rings is 1. The minimum atomic E-state index is 0.888. The van der Waals surface area contributed by atoms with E-state index in [0.717, 1.165) is 22.8 Å². The number of hydrogen-bond donors (Lipinski definition) is 0. The van der Waals surface area contributed by atoms with Crippen molar-refractivity contribution >= 4 is 6.08 Å². The third-order valence-corrected chi connectivity index (χ3v) is 2.31. The highest BCUT2D eigenvalue weighted by Crippen LogP contribution is 2.11. The SMILES string of the molecule is C=Cc1ccc(-n2cnc(C)c2)nc1C. The first-order valence-corrected chi connectivity index (χ1v) is 4.82. The lowest BCUT2D eigenvalue weighted by Crippen LogP contribution is -1.97. The first-order chi connectivity index (χ1) is 7.20. The second-order valence-corrected chi connectivity index (χ2v) is 3.47. The van der Waals surface area contributed by atoms with Crippen molar-refractivity contribution < 1.29 is 0 Å². The Bertz CT molecular complexity index is 497. The van der Waals surface area contributed by atoms with E-state index in [1.54, 1.807) is 6.33 Å². The molecule has 2 aromatic heterocycles. The summed E-state index contributed by atoms with van der Waals surface area (Å²) in [4.78, 5) is 8.65. The van der Waals surface area contributed by atoms with E-state index in [1.807, 2.05) is 42.8 Å². The smallest absolute Gasteiger partial charge is 0.138 e. The predicted molar refractivity (Wildman–Crippen MR) is 60.9 cm³/mol. The van der Waals surface area contributed by atoms with Crippen molar-refractivity contribution in [2.45, 2.75) is 13.8 Å². The average molecular weight is 199 g/mol. The standard InChI is InChI=1S/C12H13N3/c1-4-11-5-6-12(14-10(11)3)15-7-9(2)13-8-15/h4-8H,1H2,2-3H3. The maximum absolute atomic E-state index is 4.48. The van der Waals surface area contributed by atoms with Crippen LogP contribution in [0, 0.1) is 13.8 Å². The van der Waals surface area contributed by atoms with Crippen molar-refractivity contribution in [3.05, 3.63) is 48.2 Å². The van der Waals surface area contributed by atoms with E-state index in [0.29, 0.717) is 0 Å². The lowest BCUT2D eigenvalue weighted by atomic mass is 10.2. The van der Waals surface area contributed by atoms with Gasteiger partial charge in [-0.05, 0) is 31.5 Å². The molecule has 0 saturated heterocycles. The largest absolute Gasteiger partial charge is 0.290 e. The van der Waals surface area contributed by atoms with Crippen LogP contribution < -0.4 is 0 Å². The maximum Gasteiger partial charge on any atom is 0.138 e. The van der Waals surface area contributed by atoms with E-state index in [-0.39, 0.29) is 0 Å². The minimum Gasteiger partial charge on any atom is -0.290 e. The molecule has 3 heteroatoms. The van der Waals surface area contributed by atoms with Gasteiger partial charge in [0.2, 0.25) is 0 Å². The van der Waals surface area contributed by atoms with E-state index >= 15 is 0 Å². The summed E-state index contributed by atoms with van der Waals surface area (Å²) in [6.07, 6.45) is 5.53. The topological polar surface area (TPSA) is 30.7 Å². The molecule has 0 N–H and O–H groups in total. The fourth-order valence-electron chi connectivity index (χ4n) is 1.46. The van der Waals surface area contributed by atoms with Gasteiger partial charge in [0.05, 0.1) is 5.69 Å². The Kier molecular flexibility index (Phi) is 2.37. The first-order valence-electron chi connectivity index (χ1n) is 4.82. The van der Waals surface area contributed by atoms with Crippen LogP contribution in [0.4, 0.5) is 0 Å². The van der Waals surface area contributed by atoms with Crippen LogP contribution in [-0.2, 0) is 0 Å². The van der Waals surface area contributed by atoms with Gasteiger partial charge in [-0.1, -0.05) is 12.7 Å². The van der Waals surface area contributed by atoms with Crippen LogP contribution in [0.25, 0.3) is 11.9 Å². The highest BCUT2D eigenvalue weighted by Gasteiger charge is 2.01. The molecular formula is C12H13N3. The monoisotopic (exact) mass is 199 g/mol. The van der Waals surface area contributed by atoms with Gasteiger partial charge in [-0.3, -0.25) is 4.57 Å². The van der Waals surface area contributed by atoms with Gasteiger partial charge in [0.15, 0.2) is 0 Å². The van der Waals surface area contributed by atoms with Crippen LogP contribution in [0.5, 0.6) is 0 Å². The molecule has 0 aliphatic rings. The zero-order valence-corrected chi connectivity index (χ0v) is 8.94. The second kappa shape index (κ2) is 3.69. The summed E-state index contributed by atoms with van der Waals surface area (Å²) in [6, 6.07) is 3.98. The molecule has 0 aromatic carbocycles. The number of aryl methyl sites for hydroxylation is 2. The van der Waals surface area contributed by atoms with E-state index in [1.165, 1.54) is 0 Å². The molecule has 15 heavy (non-hydrogen) atoms. The first kappa shape index (κ1) is 9.65. The molecule has 2 aromatic rings. The summed E-state index contributed by atoms with van der Waals surface area (Å²) in [6.45, 7) is 7.68. The fraction of sp³-hybridized carbons (Fsp3) is 0.167. The molecule has 2 heterocycles. The second-order valence-electron chi connectivity index (χ2n) is 3.47. The number of imidazole rings is 1. The summed E-state index contributed by atoms with van der Waals surface area (Å²) in [5.41, 5.74) is 3.03. The summed E-state index contributed by atoms with van der Waals surface area (Å²) < 4.78 is 1.91. The van der Waals surface area contributed by atoms with Crippen molar-refractivity contribution in [2.24, 2.45) is 0 Å². The molecule has 0 amide bonds. The van der Waals surface area contributed by atoms with Gasteiger partial charge in [-0.2, -0.15) is 0 Å². The molecular weight excluding hydrogens is 186 g/mol. The van der Waals surface area contributed by atoms with Crippen LogP contribution in [0.2, 0.25) is 0 Å². The van der Waals surface area contributed by atoms with Gasteiger partial charge in [-0.25, -0.2) is 9.97 Å². The Balaban J connectivity index is 2.46. The third kappa shape index (κ3) is 1.81. The average Bonchev–Trinajstić information content (AvgIpc) is 2.65. The van der Waals surface area contributed by atoms with Crippen molar-refractivity contribution in [2.75, 3.05) is 0 Å². The number of hydrogen-bond acceptors (Lipinski definition) is 2. The van der Waals surface area contributed by atoms with Gasteiger partial charge >= 0.3 is 0 Å². The molecule has 0 spiro atoms. The molecule has 0 atom stereocenters. The number of aromatic nitrogens is 3. The molecule has 0 aliphatic carbocycles. The highest BCUT2D eigenvalue weighted by molar-refractivity contribution is 5.50. The van der Waals surface area contributed by atoms with Gasteiger partial charge in [-0.15, -0.1) is 0 Å². The normalized spacial score (nSPS) is 10.3. The lowest BCUT2D eigenvalue weighted by Gasteiger charge is -2.04. The van der Waals surface area contributed by atoms with Crippen molar-refractivity contribution in [3.8, 4) is 5.82 Å². The fourth-order valence-corrected chi connectivity index (χ4v) is 1.46. The number of rotatable bonds is 2. The zero-order valence-electron chi connectivity index (χ0n) is 8.94. The van der Waals surface area contributed by atoms with Crippen molar-refractivity contribution in [3.63, 3.8) is 0 Å². The van der Waals surface area contributed by atoms with Crippen LogP contribution in [0.3, 0.4) is 0 Å². The molecule has 0 aliphatic heterocycles. The lowest BCUT2D eigenvalue weighted by molar-refractivity contribution is 0.973. The molecule has 0 fully saturated rings. The Morgan fingerprint density at radius 1 is 1.33 bits per heavy atom. The Labute approximate surface area is 89.1 Å². The zero-order chi connectivity index (χ0) is 10.8. The third-order valence-electron chi connectivity index (χ3n) is 2.31. The Morgan fingerprint density at radius 3 is 2.67 bits per heavy atom. The molecule has 2 rings (SSSR count). The van der Waals surface area contributed by atoms with E-state index in [9.17, 15) is 0 Å². The Morgan fingerprint density at radius 2 is 2.13 bits per heavy atom. The van der Waals surface area contributed by atoms with Crippen LogP contribution in [0.15, 0.2) is 31.2 Å². The van der Waals surface area contributed by atoms with E-state index in [4.69, 9.17) is 0 Å². The minimum absolute atomic E-state index is 0.888. The van der Waals surface area contributed by atoms with Crippen LogP contribution in [-0.4, -0.2) is 14.5 Å². The molecule has 0 bridgehead atoms. The van der Waals surface area contributed by atoms with Gasteiger partial charge in [0.1, 0.15) is 12.1 Å². The van der Waals surface area contributed by atoms with Gasteiger partial charge < -0.3 is 0 Å². The summed E-state index contributed by atoms with van der Waals surface area (Å²) in [5, 5.41) is 0. The van der Waals surface area contributed by atoms with Crippen LogP contribution in [0.1, 0.15) is 17.0 Å². The maximum atomic E-state index is 4.48. The number of nitrogens with zero attached hydrogens (tertiary/aromatic N) is 3. The molecule has 76 valence electrons. The van der Waals surface area contributed by atoms with Crippen molar-refractivity contribution in [1.29, 1.82) is 0 Å². The molecule has 0 saturated carbocycles. The van der Waals surface area contributed by atoms with Crippen LogP contribution >= 0.6 is 0 Å². The quantitative estimate of drug-likeness (QED) is 0.744. The summed E-state index contributed by atoms with van der Waals surface area (Å²) in [5.74, 6) is 0.888. The van der Waals surface area contributed by atoms with E-state index in [2.05, 4.69) is 16.5 Å². The predicted octanol–water partition coefficient (Wildman–Crippen LogP) is 2.53. The van der Waals surface area contributed by atoms with Crippen molar-refractivity contribution in [1.82, 2.24) is 14.5 Å². The van der Waals surface area contributed by atoms with Gasteiger partial charge in [0.25, 0.3) is 0 Å². The highest BCUT2D eigenvalue weighted by atomic mass is 15.1. The molecule has 0 radical (unpaired) electrons. The summed E-state index contributed by atoms with van der Waals surface area (Å²) in [7, 11) is 0.